The minimum Gasteiger partial charge on any atom is -0.350 e. The number of imidazole rings is 2. The second-order valence-electron chi connectivity index (χ2n) is 12.1. The molecule has 2 aromatic carbocycles. The lowest BCUT2D eigenvalue weighted by molar-refractivity contribution is -0.137. The Morgan fingerprint density at radius 1 is 1.00 bits per heavy atom. The molecule has 0 saturated carbocycles. The van der Waals surface area contributed by atoms with Crippen LogP contribution in [0.3, 0.4) is 0 Å². The van der Waals surface area contributed by atoms with Gasteiger partial charge in [-0.1, -0.05) is 24.3 Å². The molecule has 0 atom stereocenters. The number of piperidine rings is 1. The molecular formula is C33H35F3N8O2. The fourth-order valence-corrected chi connectivity index (χ4v) is 6.95. The Hall–Kier alpha value is -4.65. The molecule has 46 heavy (non-hydrogen) atoms. The molecule has 2 aliphatic heterocycles. The lowest BCUT2D eigenvalue weighted by atomic mass is 9.99. The molecule has 1 saturated heterocycles. The number of nitrogens with one attached hydrogen (secondary N) is 1. The molecule has 1 N–H and O–H groups in total. The minimum atomic E-state index is -4.43. The van der Waals surface area contributed by atoms with Crippen molar-refractivity contribution in [3.05, 3.63) is 94.1 Å². The van der Waals surface area contributed by atoms with Crippen molar-refractivity contribution in [3.63, 3.8) is 0 Å². The summed E-state index contributed by atoms with van der Waals surface area (Å²) in [6.45, 7) is 4.09. The normalized spacial score (nSPS) is 16.3. The quantitative estimate of drug-likeness (QED) is 0.276. The zero-order chi connectivity index (χ0) is 32.0. The first-order valence-corrected chi connectivity index (χ1v) is 15.6. The van der Waals surface area contributed by atoms with E-state index in [1.54, 1.807) is 15.7 Å². The summed E-state index contributed by atoms with van der Waals surface area (Å²) in [5.74, 6) is -0.202. The van der Waals surface area contributed by atoms with E-state index in [4.69, 9.17) is 5.10 Å². The van der Waals surface area contributed by atoms with Crippen LogP contribution < -0.4 is 5.69 Å². The molecule has 2 aliphatic rings. The average Bonchev–Trinajstić information content (AvgIpc) is 3.79. The number of benzene rings is 2. The standard InChI is InChI=1S/C33H35F3N8O2/c1-40-28-5-2-3-6-29(28)44(32(40)46)24-11-16-41(17-12-24)14-4-15-43-27-13-18-42(31(45)26-19-37-21-38-26)20-25(27)30(39-43)22-7-9-23(10-8-22)33(34,35)36/h2-3,5-10,19,21,24H,4,11-18,20H2,1H3,(H,37,38). The summed E-state index contributed by atoms with van der Waals surface area (Å²) in [5.41, 5.74) is 4.61. The number of aromatic nitrogens is 6. The third-order valence-electron chi connectivity index (χ3n) is 9.39. The summed E-state index contributed by atoms with van der Waals surface area (Å²) in [6.07, 6.45) is 1.80. The van der Waals surface area contributed by atoms with Crippen LogP contribution in [-0.4, -0.2) is 70.8 Å². The van der Waals surface area contributed by atoms with E-state index in [1.165, 1.54) is 18.5 Å². The smallest absolute Gasteiger partial charge is 0.350 e. The van der Waals surface area contributed by atoms with Crippen LogP contribution in [0.25, 0.3) is 22.3 Å². The van der Waals surface area contributed by atoms with Gasteiger partial charge in [0, 0.05) is 68.7 Å². The zero-order valence-electron chi connectivity index (χ0n) is 25.5. The summed E-state index contributed by atoms with van der Waals surface area (Å²) in [7, 11) is 1.82. The predicted molar refractivity (Wildman–Crippen MR) is 166 cm³/mol. The number of likely N-dealkylation sites (tertiary alicyclic amines) is 1. The monoisotopic (exact) mass is 632 g/mol. The molecule has 0 radical (unpaired) electrons. The van der Waals surface area contributed by atoms with Gasteiger partial charge in [-0.15, -0.1) is 0 Å². The van der Waals surface area contributed by atoms with E-state index in [2.05, 4.69) is 14.9 Å². The third-order valence-corrected chi connectivity index (χ3v) is 9.39. The van der Waals surface area contributed by atoms with Crippen LogP contribution in [0.5, 0.6) is 0 Å². The topological polar surface area (TPSA) is 97.0 Å². The van der Waals surface area contributed by atoms with Gasteiger partial charge in [0.05, 0.1) is 35.2 Å². The summed E-state index contributed by atoms with van der Waals surface area (Å²) in [6, 6.07) is 13.1. The first-order valence-electron chi connectivity index (χ1n) is 15.6. The van der Waals surface area contributed by atoms with Crippen molar-refractivity contribution >= 4 is 16.9 Å². The van der Waals surface area contributed by atoms with Crippen molar-refractivity contribution < 1.29 is 18.0 Å². The highest BCUT2D eigenvalue weighted by molar-refractivity contribution is 5.92. The molecule has 0 aliphatic carbocycles. The average molecular weight is 633 g/mol. The molecule has 5 aromatic rings. The van der Waals surface area contributed by atoms with Crippen LogP contribution in [-0.2, 0) is 32.7 Å². The highest BCUT2D eigenvalue weighted by Crippen LogP contribution is 2.34. The number of halogens is 3. The minimum absolute atomic E-state index is 0.0246. The number of aromatic amines is 1. The van der Waals surface area contributed by atoms with Gasteiger partial charge in [0.1, 0.15) is 5.69 Å². The lowest BCUT2D eigenvalue weighted by Gasteiger charge is -2.32. The van der Waals surface area contributed by atoms with Gasteiger partial charge in [-0.2, -0.15) is 18.3 Å². The van der Waals surface area contributed by atoms with Gasteiger partial charge >= 0.3 is 11.9 Å². The van der Waals surface area contributed by atoms with Crippen LogP contribution in [0.4, 0.5) is 13.2 Å². The number of hydrogen-bond acceptors (Lipinski definition) is 5. The van der Waals surface area contributed by atoms with Crippen LogP contribution in [0.15, 0.2) is 65.8 Å². The van der Waals surface area contributed by atoms with Crippen molar-refractivity contribution in [2.45, 2.75) is 51.0 Å². The molecule has 10 nitrogen and oxygen atoms in total. The summed E-state index contributed by atoms with van der Waals surface area (Å²) in [4.78, 5) is 37.2. The van der Waals surface area contributed by atoms with E-state index in [9.17, 15) is 22.8 Å². The van der Waals surface area contributed by atoms with Crippen molar-refractivity contribution in [2.24, 2.45) is 7.05 Å². The molecule has 0 bridgehead atoms. The molecule has 240 valence electrons. The maximum absolute atomic E-state index is 13.3. The first kappa shape index (κ1) is 30.0. The molecule has 0 spiro atoms. The van der Waals surface area contributed by atoms with Gasteiger partial charge < -0.3 is 14.8 Å². The second-order valence-corrected chi connectivity index (χ2v) is 12.1. The number of nitrogens with zero attached hydrogens (tertiary/aromatic N) is 7. The number of rotatable bonds is 7. The van der Waals surface area contributed by atoms with E-state index in [1.807, 2.05) is 40.6 Å². The van der Waals surface area contributed by atoms with E-state index < -0.39 is 11.7 Å². The predicted octanol–water partition coefficient (Wildman–Crippen LogP) is 4.87. The van der Waals surface area contributed by atoms with Crippen LogP contribution in [0.2, 0.25) is 0 Å². The Morgan fingerprint density at radius 2 is 1.74 bits per heavy atom. The number of fused-ring (bicyclic) bond motifs is 2. The van der Waals surface area contributed by atoms with E-state index in [-0.39, 0.29) is 17.6 Å². The van der Waals surface area contributed by atoms with Gasteiger partial charge in [-0.05, 0) is 50.1 Å². The van der Waals surface area contributed by atoms with Gasteiger partial charge in [0.25, 0.3) is 5.91 Å². The van der Waals surface area contributed by atoms with Gasteiger partial charge in [-0.25, -0.2) is 9.78 Å². The van der Waals surface area contributed by atoms with Gasteiger partial charge in [-0.3, -0.25) is 18.6 Å². The molecule has 3 aromatic heterocycles. The molecule has 0 unspecified atom stereocenters. The SMILES string of the molecule is Cn1c(=O)n(C2CCN(CCCn3nc(-c4ccc(C(F)(F)F)cc4)c4c3CCN(C(=O)c3c[nH]cn3)C4)CC2)c2ccccc21. The first-order chi connectivity index (χ1) is 22.2. The summed E-state index contributed by atoms with van der Waals surface area (Å²) < 4.78 is 45.4. The number of carbonyl (C=O) groups excluding carboxylic acids is 1. The van der Waals surface area contributed by atoms with Gasteiger partial charge in [0.15, 0.2) is 0 Å². The van der Waals surface area contributed by atoms with Crippen molar-refractivity contribution in [1.82, 2.24) is 38.7 Å². The van der Waals surface area contributed by atoms with Gasteiger partial charge in [0.2, 0.25) is 0 Å². The summed E-state index contributed by atoms with van der Waals surface area (Å²) in [5, 5.41) is 4.90. The van der Waals surface area contributed by atoms with E-state index in [0.29, 0.717) is 43.0 Å². The third kappa shape index (κ3) is 5.52. The van der Waals surface area contributed by atoms with E-state index in [0.717, 1.165) is 73.3 Å². The van der Waals surface area contributed by atoms with Crippen molar-refractivity contribution in [3.8, 4) is 11.3 Å². The lowest BCUT2D eigenvalue weighted by Crippen LogP contribution is -2.38. The Bertz CT molecular complexity index is 1910. The fourth-order valence-electron chi connectivity index (χ4n) is 6.95. The maximum Gasteiger partial charge on any atom is 0.416 e. The number of alkyl halides is 3. The molecule has 5 heterocycles. The molecule has 13 heteroatoms. The number of carbonyl (C=O) groups is 1. The van der Waals surface area contributed by atoms with Crippen LogP contribution >= 0.6 is 0 Å². The molecule has 7 rings (SSSR count). The summed E-state index contributed by atoms with van der Waals surface area (Å²) >= 11 is 0. The maximum atomic E-state index is 13.3. The zero-order valence-corrected chi connectivity index (χ0v) is 25.5. The second kappa shape index (κ2) is 11.9. The Labute approximate surface area is 263 Å². The number of H-pyrrole nitrogens is 1. The number of para-hydroxylation sites is 2. The highest BCUT2D eigenvalue weighted by atomic mass is 19.4. The highest BCUT2D eigenvalue weighted by Gasteiger charge is 2.32. The van der Waals surface area contributed by atoms with Crippen molar-refractivity contribution in [1.29, 1.82) is 0 Å². The molecule has 1 fully saturated rings. The number of hydrogen-bond donors (Lipinski definition) is 1. The van der Waals surface area contributed by atoms with Crippen molar-refractivity contribution in [2.75, 3.05) is 26.2 Å². The Balaban J connectivity index is 1.05. The Morgan fingerprint density at radius 3 is 2.43 bits per heavy atom. The fraction of sp³-hybridized carbons (Fsp3) is 0.394. The largest absolute Gasteiger partial charge is 0.416 e. The number of aryl methyl sites for hydroxylation is 2. The van der Waals surface area contributed by atoms with E-state index >= 15 is 0 Å². The van der Waals surface area contributed by atoms with Crippen LogP contribution in [0, 0.1) is 0 Å². The number of amides is 1. The molecular weight excluding hydrogens is 597 g/mol. The van der Waals surface area contributed by atoms with Crippen LogP contribution in [0.1, 0.15) is 52.6 Å². The Kier molecular flexibility index (Phi) is 7.79. The molecule has 1 amide bonds.